The Morgan fingerprint density at radius 1 is 1.44 bits per heavy atom. The van der Waals surface area contributed by atoms with E-state index in [1.807, 2.05) is 0 Å². The average molecular weight is 221 g/mol. The second kappa shape index (κ2) is 5.65. The lowest BCUT2D eigenvalue weighted by Crippen LogP contribution is -2.36. The lowest BCUT2D eigenvalue weighted by molar-refractivity contribution is 0.239. The second-order valence-electron chi connectivity index (χ2n) is 5.15. The Morgan fingerprint density at radius 2 is 2.25 bits per heavy atom. The third kappa shape index (κ3) is 3.20. The van der Waals surface area contributed by atoms with Crippen LogP contribution < -0.4 is 5.32 Å². The Hall–Kier alpha value is -0.590. The molecule has 2 rings (SSSR count). The van der Waals surface area contributed by atoms with E-state index in [0.29, 0.717) is 6.04 Å². The molecule has 0 aromatic rings. The Kier molecular flexibility index (Phi) is 4.20. The molecular formula is C13H23N3. The van der Waals surface area contributed by atoms with Gasteiger partial charge in [0.25, 0.3) is 0 Å². The van der Waals surface area contributed by atoms with Gasteiger partial charge in [-0.3, -0.25) is 5.32 Å². The molecule has 3 nitrogen and oxygen atoms in total. The molecule has 1 aliphatic carbocycles. The molecule has 2 fully saturated rings. The van der Waals surface area contributed by atoms with Crippen molar-refractivity contribution < 1.29 is 0 Å². The summed E-state index contributed by atoms with van der Waals surface area (Å²) >= 11 is 0. The van der Waals surface area contributed by atoms with Gasteiger partial charge in [-0.1, -0.05) is 6.92 Å². The predicted molar refractivity (Wildman–Crippen MR) is 65.1 cm³/mol. The first-order chi connectivity index (χ1) is 7.83. The van der Waals surface area contributed by atoms with Crippen LogP contribution >= 0.6 is 0 Å². The van der Waals surface area contributed by atoms with E-state index in [1.165, 1.54) is 38.6 Å². The average Bonchev–Trinajstić information content (AvgIpc) is 3.00. The Bertz CT molecular complexity index is 254. The van der Waals surface area contributed by atoms with Crippen molar-refractivity contribution in [3.05, 3.63) is 0 Å². The van der Waals surface area contributed by atoms with Gasteiger partial charge in [0.1, 0.15) is 0 Å². The van der Waals surface area contributed by atoms with E-state index in [9.17, 15) is 0 Å². The van der Waals surface area contributed by atoms with E-state index in [0.717, 1.165) is 19.0 Å². The van der Waals surface area contributed by atoms with Crippen LogP contribution in [0.3, 0.4) is 0 Å². The van der Waals surface area contributed by atoms with Gasteiger partial charge in [-0.2, -0.15) is 5.26 Å². The summed E-state index contributed by atoms with van der Waals surface area (Å²) in [4.78, 5) is 2.57. The van der Waals surface area contributed by atoms with Crippen LogP contribution in [0.1, 0.15) is 45.4 Å². The molecule has 1 heterocycles. The van der Waals surface area contributed by atoms with Crippen molar-refractivity contribution in [1.82, 2.24) is 10.2 Å². The normalized spacial score (nSPS) is 27.9. The SMILES string of the molecule is CCC1CCCN1CCC(C#N)NC1CC1. The molecule has 0 amide bonds. The first kappa shape index (κ1) is 11.9. The van der Waals surface area contributed by atoms with Gasteiger partial charge < -0.3 is 4.90 Å². The quantitative estimate of drug-likeness (QED) is 0.744. The first-order valence-corrected chi connectivity index (χ1v) is 6.73. The predicted octanol–water partition coefficient (Wildman–Crippen LogP) is 1.90. The van der Waals surface area contributed by atoms with Gasteiger partial charge in [0.15, 0.2) is 0 Å². The highest BCUT2D eigenvalue weighted by Crippen LogP contribution is 2.22. The standard InChI is InChI=1S/C13H23N3/c1-2-13-4-3-8-16(13)9-7-12(10-14)15-11-5-6-11/h11-13,15H,2-9H2,1H3. The molecule has 0 aromatic heterocycles. The zero-order valence-corrected chi connectivity index (χ0v) is 10.3. The first-order valence-electron chi connectivity index (χ1n) is 6.73. The van der Waals surface area contributed by atoms with Gasteiger partial charge >= 0.3 is 0 Å². The van der Waals surface area contributed by atoms with Crippen LogP contribution in [-0.4, -0.2) is 36.1 Å². The van der Waals surface area contributed by atoms with Crippen LogP contribution in [0.15, 0.2) is 0 Å². The lowest BCUT2D eigenvalue weighted by atomic mass is 10.1. The van der Waals surface area contributed by atoms with Crippen LogP contribution in [0, 0.1) is 11.3 Å². The lowest BCUT2D eigenvalue weighted by Gasteiger charge is -2.24. The molecule has 0 aromatic carbocycles. The number of nitrogens with zero attached hydrogens (tertiary/aromatic N) is 2. The summed E-state index contributed by atoms with van der Waals surface area (Å²) in [6.07, 6.45) is 7.46. The molecule has 1 saturated heterocycles. The topological polar surface area (TPSA) is 39.1 Å². The van der Waals surface area contributed by atoms with Crippen molar-refractivity contribution in [2.45, 2.75) is 63.6 Å². The highest BCUT2D eigenvalue weighted by Gasteiger charge is 2.26. The Morgan fingerprint density at radius 3 is 2.88 bits per heavy atom. The molecular weight excluding hydrogens is 198 g/mol. The van der Waals surface area contributed by atoms with Crippen LogP contribution in [0.5, 0.6) is 0 Å². The molecule has 0 bridgehead atoms. The minimum absolute atomic E-state index is 0.0746. The van der Waals surface area contributed by atoms with Crippen molar-refractivity contribution >= 4 is 0 Å². The Balaban J connectivity index is 1.70. The van der Waals surface area contributed by atoms with Gasteiger partial charge in [0.05, 0.1) is 12.1 Å². The third-order valence-electron chi connectivity index (χ3n) is 3.85. The summed E-state index contributed by atoms with van der Waals surface area (Å²) in [5, 5.41) is 12.5. The van der Waals surface area contributed by atoms with Gasteiger partial charge in [-0.05, 0) is 45.1 Å². The molecule has 2 unspecified atom stereocenters. The zero-order valence-electron chi connectivity index (χ0n) is 10.3. The summed E-state index contributed by atoms with van der Waals surface area (Å²) in [6, 6.07) is 3.89. The van der Waals surface area contributed by atoms with Crippen molar-refractivity contribution in [2.24, 2.45) is 0 Å². The monoisotopic (exact) mass is 221 g/mol. The molecule has 90 valence electrons. The second-order valence-corrected chi connectivity index (χ2v) is 5.15. The maximum Gasteiger partial charge on any atom is 0.0967 e. The minimum atomic E-state index is 0.0746. The molecule has 1 aliphatic heterocycles. The molecule has 1 saturated carbocycles. The van der Waals surface area contributed by atoms with Crippen LogP contribution in [0.2, 0.25) is 0 Å². The summed E-state index contributed by atoms with van der Waals surface area (Å²) in [5.41, 5.74) is 0. The van der Waals surface area contributed by atoms with Crippen LogP contribution in [0.4, 0.5) is 0 Å². The number of rotatable bonds is 6. The van der Waals surface area contributed by atoms with E-state index >= 15 is 0 Å². The van der Waals surface area contributed by atoms with Gasteiger partial charge in [-0.15, -0.1) is 0 Å². The number of nitriles is 1. The molecule has 0 radical (unpaired) electrons. The Labute approximate surface area is 98.8 Å². The van der Waals surface area contributed by atoms with Crippen molar-refractivity contribution in [3.63, 3.8) is 0 Å². The molecule has 0 spiro atoms. The largest absolute Gasteiger partial charge is 0.300 e. The van der Waals surface area contributed by atoms with Gasteiger partial charge in [0, 0.05) is 18.6 Å². The molecule has 2 aliphatic rings. The highest BCUT2D eigenvalue weighted by molar-refractivity contribution is 4.96. The number of hydrogen-bond acceptors (Lipinski definition) is 3. The third-order valence-corrected chi connectivity index (χ3v) is 3.85. The summed E-state index contributed by atoms with van der Waals surface area (Å²) in [7, 11) is 0. The maximum atomic E-state index is 9.07. The molecule has 16 heavy (non-hydrogen) atoms. The number of hydrogen-bond donors (Lipinski definition) is 1. The fourth-order valence-electron chi connectivity index (χ4n) is 2.67. The molecule has 2 atom stereocenters. The molecule has 3 heteroatoms. The number of likely N-dealkylation sites (tertiary alicyclic amines) is 1. The summed E-state index contributed by atoms with van der Waals surface area (Å²) < 4.78 is 0. The fourth-order valence-corrected chi connectivity index (χ4v) is 2.67. The maximum absolute atomic E-state index is 9.07. The zero-order chi connectivity index (χ0) is 11.4. The van der Waals surface area contributed by atoms with Crippen molar-refractivity contribution in [1.29, 1.82) is 5.26 Å². The number of nitrogens with one attached hydrogen (secondary N) is 1. The van der Waals surface area contributed by atoms with Crippen LogP contribution in [0.25, 0.3) is 0 Å². The summed E-state index contributed by atoms with van der Waals surface area (Å²) in [5.74, 6) is 0. The van der Waals surface area contributed by atoms with E-state index in [2.05, 4.69) is 23.2 Å². The van der Waals surface area contributed by atoms with E-state index < -0.39 is 0 Å². The van der Waals surface area contributed by atoms with Crippen LogP contribution in [-0.2, 0) is 0 Å². The minimum Gasteiger partial charge on any atom is -0.300 e. The van der Waals surface area contributed by atoms with Crippen molar-refractivity contribution in [3.8, 4) is 6.07 Å². The van der Waals surface area contributed by atoms with E-state index in [1.54, 1.807) is 0 Å². The summed E-state index contributed by atoms with van der Waals surface area (Å²) in [6.45, 7) is 4.60. The fraction of sp³-hybridized carbons (Fsp3) is 0.923. The van der Waals surface area contributed by atoms with E-state index in [-0.39, 0.29) is 6.04 Å². The smallest absolute Gasteiger partial charge is 0.0967 e. The van der Waals surface area contributed by atoms with Crippen molar-refractivity contribution in [2.75, 3.05) is 13.1 Å². The van der Waals surface area contributed by atoms with Gasteiger partial charge in [-0.25, -0.2) is 0 Å². The van der Waals surface area contributed by atoms with Gasteiger partial charge in [0.2, 0.25) is 0 Å². The molecule has 1 N–H and O–H groups in total. The van der Waals surface area contributed by atoms with E-state index in [4.69, 9.17) is 5.26 Å². The highest BCUT2D eigenvalue weighted by atomic mass is 15.2.